The van der Waals surface area contributed by atoms with Crippen LogP contribution in [0.15, 0.2) is 60.7 Å². The average Bonchev–Trinajstić information content (AvgIpc) is 2.71. The van der Waals surface area contributed by atoms with Gasteiger partial charge in [0.1, 0.15) is 5.92 Å². The smallest absolute Gasteiger partial charge is 0.316 e. The number of esters is 1. The molecule has 1 unspecified atom stereocenters. The van der Waals surface area contributed by atoms with E-state index in [0.29, 0.717) is 6.61 Å². The van der Waals surface area contributed by atoms with Crippen molar-refractivity contribution in [2.24, 2.45) is 11.8 Å². The molecule has 1 aliphatic heterocycles. The van der Waals surface area contributed by atoms with Crippen LogP contribution in [0.1, 0.15) is 30.9 Å². The van der Waals surface area contributed by atoms with E-state index < -0.39 is 5.92 Å². The number of hydrogen-bond acceptors (Lipinski definition) is 4. The molecule has 148 valence electrons. The lowest BCUT2D eigenvalue weighted by Gasteiger charge is -2.34. The number of benzene rings is 2. The molecule has 1 fully saturated rings. The van der Waals surface area contributed by atoms with E-state index in [-0.39, 0.29) is 24.1 Å². The molecule has 2 aromatic rings. The van der Waals surface area contributed by atoms with Crippen LogP contribution in [0.25, 0.3) is 0 Å². The summed E-state index contributed by atoms with van der Waals surface area (Å²) in [6.45, 7) is 4.80. The molecule has 0 saturated carbocycles. The topological polar surface area (TPSA) is 46.6 Å². The predicted octanol–water partition coefficient (Wildman–Crippen LogP) is 3.89. The quantitative estimate of drug-likeness (QED) is 0.516. The summed E-state index contributed by atoms with van der Waals surface area (Å²) in [5.41, 5.74) is 2.24. The lowest BCUT2D eigenvalue weighted by Crippen LogP contribution is -2.41. The first-order chi connectivity index (χ1) is 13.7. The summed E-state index contributed by atoms with van der Waals surface area (Å²) in [4.78, 5) is 28.0. The molecule has 2 aromatic carbocycles. The molecule has 0 aromatic heterocycles. The van der Waals surface area contributed by atoms with Gasteiger partial charge in [-0.25, -0.2) is 0 Å². The average molecular weight is 380 g/mol. The molecule has 0 bridgehead atoms. The summed E-state index contributed by atoms with van der Waals surface area (Å²) in [6, 6.07) is 20.0. The molecular formula is C24H29NO3. The van der Waals surface area contributed by atoms with Crippen molar-refractivity contribution in [3.8, 4) is 0 Å². The molecule has 3 rings (SSSR count). The highest BCUT2D eigenvalue weighted by molar-refractivity contribution is 6.00. The Balaban J connectivity index is 1.62. The highest BCUT2D eigenvalue weighted by atomic mass is 16.5. The van der Waals surface area contributed by atoms with E-state index in [2.05, 4.69) is 29.2 Å². The lowest BCUT2D eigenvalue weighted by atomic mass is 9.80. The Morgan fingerprint density at radius 1 is 0.964 bits per heavy atom. The zero-order valence-corrected chi connectivity index (χ0v) is 16.5. The summed E-state index contributed by atoms with van der Waals surface area (Å²) in [5, 5.41) is 0. The van der Waals surface area contributed by atoms with Crippen molar-refractivity contribution in [2.45, 2.75) is 32.7 Å². The maximum atomic E-state index is 13.0. The monoisotopic (exact) mass is 379 g/mol. The minimum Gasteiger partial charge on any atom is -0.465 e. The molecule has 4 heteroatoms. The Morgan fingerprint density at radius 3 is 2.11 bits per heavy atom. The van der Waals surface area contributed by atoms with Crippen molar-refractivity contribution < 1.29 is 14.3 Å². The summed E-state index contributed by atoms with van der Waals surface area (Å²) >= 11 is 0. The van der Waals surface area contributed by atoms with Crippen LogP contribution >= 0.6 is 0 Å². The first-order valence-electron chi connectivity index (χ1n) is 10.2. The van der Waals surface area contributed by atoms with Gasteiger partial charge >= 0.3 is 5.97 Å². The maximum absolute atomic E-state index is 13.0. The van der Waals surface area contributed by atoms with E-state index in [1.165, 1.54) is 5.56 Å². The van der Waals surface area contributed by atoms with Crippen molar-refractivity contribution in [3.63, 3.8) is 0 Å². The van der Waals surface area contributed by atoms with Gasteiger partial charge in [-0.15, -0.1) is 0 Å². The minimum absolute atomic E-state index is 0.0221. The van der Waals surface area contributed by atoms with E-state index >= 15 is 0 Å². The van der Waals surface area contributed by atoms with Crippen LogP contribution in [0, 0.1) is 11.8 Å². The third-order valence-electron chi connectivity index (χ3n) is 5.46. The summed E-state index contributed by atoms with van der Waals surface area (Å²) in [6.07, 6.45) is 1.97. The zero-order valence-electron chi connectivity index (χ0n) is 16.5. The standard InChI is InChI=1S/C24H29NO3/c1-2-28-24(27)23(22(26)17-19-9-5-3-6-10-19)21-13-15-25(16-14-21)18-20-11-7-4-8-12-20/h3-12,21,23H,2,13-18H2,1H3. The molecule has 0 N–H and O–H groups in total. The lowest BCUT2D eigenvalue weighted by molar-refractivity contribution is -0.154. The summed E-state index contributed by atoms with van der Waals surface area (Å²) in [5.74, 6) is -0.975. The molecule has 0 aliphatic carbocycles. The number of piperidine rings is 1. The van der Waals surface area contributed by atoms with E-state index in [0.717, 1.165) is 38.0 Å². The maximum Gasteiger partial charge on any atom is 0.316 e. The first-order valence-corrected chi connectivity index (χ1v) is 10.2. The van der Waals surface area contributed by atoms with Gasteiger partial charge in [0.15, 0.2) is 5.78 Å². The Kier molecular flexibility index (Phi) is 7.38. The van der Waals surface area contributed by atoms with Crippen LogP contribution in [-0.2, 0) is 27.3 Å². The van der Waals surface area contributed by atoms with Crippen LogP contribution in [0.5, 0.6) is 0 Å². The van der Waals surface area contributed by atoms with Gasteiger partial charge in [-0.05, 0) is 49.9 Å². The fraction of sp³-hybridized carbons (Fsp3) is 0.417. The fourth-order valence-electron chi connectivity index (χ4n) is 4.01. The van der Waals surface area contributed by atoms with Gasteiger partial charge in [-0.3, -0.25) is 14.5 Å². The Bertz CT molecular complexity index is 752. The molecule has 4 nitrogen and oxygen atoms in total. The molecule has 0 amide bonds. The summed E-state index contributed by atoms with van der Waals surface area (Å²) < 4.78 is 5.27. The van der Waals surface area contributed by atoms with E-state index in [1.54, 1.807) is 6.92 Å². The highest BCUT2D eigenvalue weighted by Crippen LogP contribution is 2.29. The van der Waals surface area contributed by atoms with Crippen molar-refractivity contribution in [3.05, 3.63) is 71.8 Å². The van der Waals surface area contributed by atoms with Crippen LogP contribution in [0.2, 0.25) is 0 Å². The largest absolute Gasteiger partial charge is 0.465 e. The van der Waals surface area contributed by atoms with Crippen molar-refractivity contribution >= 4 is 11.8 Å². The normalized spacial score (nSPS) is 16.5. The molecule has 1 atom stereocenters. The second-order valence-electron chi connectivity index (χ2n) is 7.46. The number of likely N-dealkylation sites (tertiary alicyclic amines) is 1. The van der Waals surface area contributed by atoms with Crippen molar-refractivity contribution in [1.82, 2.24) is 4.90 Å². The van der Waals surface area contributed by atoms with Crippen LogP contribution in [0.4, 0.5) is 0 Å². The van der Waals surface area contributed by atoms with Gasteiger partial charge in [0, 0.05) is 13.0 Å². The number of hydrogen-bond donors (Lipinski definition) is 0. The third-order valence-corrected chi connectivity index (χ3v) is 5.46. The minimum atomic E-state index is -0.654. The van der Waals surface area contributed by atoms with Crippen LogP contribution in [0.3, 0.4) is 0 Å². The number of ether oxygens (including phenoxy) is 1. The van der Waals surface area contributed by atoms with Gasteiger partial charge in [-0.2, -0.15) is 0 Å². The molecular weight excluding hydrogens is 350 g/mol. The fourth-order valence-corrected chi connectivity index (χ4v) is 4.01. The van der Waals surface area contributed by atoms with E-state index in [1.807, 2.05) is 36.4 Å². The Morgan fingerprint density at radius 2 is 1.54 bits per heavy atom. The molecule has 1 aliphatic rings. The third kappa shape index (κ3) is 5.52. The molecule has 0 spiro atoms. The number of carbonyl (C=O) groups is 2. The van der Waals surface area contributed by atoms with Gasteiger partial charge < -0.3 is 4.74 Å². The summed E-state index contributed by atoms with van der Waals surface area (Å²) in [7, 11) is 0. The molecule has 1 saturated heterocycles. The SMILES string of the molecule is CCOC(=O)C(C(=O)Cc1ccccc1)C1CCN(Cc2ccccc2)CC1. The zero-order chi connectivity index (χ0) is 19.8. The Labute approximate surface area is 167 Å². The number of ketones is 1. The van der Waals surface area contributed by atoms with Crippen molar-refractivity contribution in [2.75, 3.05) is 19.7 Å². The second kappa shape index (κ2) is 10.2. The predicted molar refractivity (Wildman–Crippen MR) is 110 cm³/mol. The number of carbonyl (C=O) groups excluding carboxylic acids is 2. The van der Waals surface area contributed by atoms with Gasteiger partial charge in [0.2, 0.25) is 0 Å². The van der Waals surface area contributed by atoms with E-state index in [4.69, 9.17) is 4.74 Å². The molecule has 28 heavy (non-hydrogen) atoms. The Hall–Kier alpha value is -2.46. The van der Waals surface area contributed by atoms with Gasteiger partial charge in [0.25, 0.3) is 0 Å². The first kappa shape index (κ1) is 20.3. The molecule has 1 heterocycles. The van der Waals surface area contributed by atoms with Crippen molar-refractivity contribution in [1.29, 1.82) is 0 Å². The number of nitrogens with zero attached hydrogens (tertiary/aromatic N) is 1. The number of rotatable bonds is 8. The highest BCUT2D eigenvalue weighted by Gasteiger charge is 2.37. The van der Waals surface area contributed by atoms with E-state index in [9.17, 15) is 9.59 Å². The van der Waals surface area contributed by atoms with Gasteiger partial charge in [0.05, 0.1) is 6.61 Å². The molecule has 0 radical (unpaired) electrons. The van der Waals surface area contributed by atoms with Crippen LogP contribution in [-0.4, -0.2) is 36.3 Å². The second-order valence-corrected chi connectivity index (χ2v) is 7.46. The van der Waals surface area contributed by atoms with Crippen LogP contribution < -0.4 is 0 Å². The van der Waals surface area contributed by atoms with Gasteiger partial charge in [-0.1, -0.05) is 60.7 Å². The number of Topliss-reactive ketones (excluding diaryl/α,β-unsaturated/α-hetero) is 1.